The van der Waals surface area contributed by atoms with Crippen molar-refractivity contribution < 1.29 is 24.2 Å². The van der Waals surface area contributed by atoms with Gasteiger partial charge in [-0.15, -0.1) is 0 Å². The Hall–Kier alpha value is -2.19. The zero-order valence-corrected chi connectivity index (χ0v) is 18.9. The van der Waals surface area contributed by atoms with E-state index in [1.807, 2.05) is 52.0 Å². The van der Waals surface area contributed by atoms with E-state index in [0.29, 0.717) is 19.5 Å². The summed E-state index contributed by atoms with van der Waals surface area (Å²) < 4.78 is 6.52. The van der Waals surface area contributed by atoms with Crippen LogP contribution in [-0.2, 0) is 19.1 Å². The zero-order valence-electron chi connectivity index (χ0n) is 18.9. The van der Waals surface area contributed by atoms with Gasteiger partial charge in [0.1, 0.15) is 11.6 Å². The van der Waals surface area contributed by atoms with Crippen LogP contribution in [0, 0.1) is 11.8 Å². The molecule has 2 fully saturated rings. The zero-order chi connectivity index (χ0) is 22.7. The summed E-state index contributed by atoms with van der Waals surface area (Å²) in [6, 6.07) is -1.44. The Morgan fingerprint density at radius 3 is 2.48 bits per heavy atom. The fraction of sp³-hybridized carbons (Fsp3) is 0.696. The van der Waals surface area contributed by atoms with Gasteiger partial charge in [-0.1, -0.05) is 31.2 Å². The van der Waals surface area contributed by atoms with E-state index in [9.17, 15) is 19.5 Å². The van der Waals surface area contributed by atoms with Crippen LogP contribution in [-0.4, -0.2) is 93.6 Å². The summed E-state index contributed by atoms with van der Waals surface area (Å²) in [7, 11) is 1.71. The molecule has 1 unspecified atom stereocenters. The largest absolute Gasteiger partial charge is 0.394 e. The van der Waals surface area contributed by atoms with Crippen LogP contribution in [0.2, 0.25) is 0 Å². The lowest BCUT2D eigenvalue weighted by atomic mass is 9.77. The summed E-state index contributed by atoms with van der Waals surface area (Å²) in [6.45, 7) is 8.35. The second-order valence-electron chi connectivity index (χ2n) is 10.0. The van der Waals surface area contributed by atoms with Gasteiger partial charge in [-0.3, -0.25) is 14.4 Å². The molecule has 0 aliphatic carbocycles. The van der Waals surface area contributed by atoms with E-state index in [1.165, 1.54) is 4.90 Å². The molecule has 0 aromatic heterocycles. The van der Waals surface area contributed by atoms with Crippen molar-refractivity contribution in [3.05, 3.63) is 24.3 Å². The fourth-order valence-electron chi connectivity index (χ4n) is 5.61. The number of aliphatic hydroxyl groups excluding tert-OH is 1. The van der Waals surface area contributed by atoms with Crippen molar-refractivity contribution in [2.24, 2.45) is 11.8 Å². The van der Waals surface area contributed by atoms with Gasteiger partial charge in [0.15, 0.2) is 0 Å². The second kappa shape index (κ2) is 7.45. The lowest BCUT2D eigenvalue weighted by Gasteiger charge is -2.42. The maximum atomic E-state index is 13.9. The topological polar surface area (TPSA) is 90.4 Å². The summed E-state index contributed by atoms with van der Waals surface area (Å²) in [5.74, 6) is -2.15. The first-order valence-electron chi connectivity index (χ1n) is 11.1. The highest BCUT2D eigenvalue weighted by Gasteiger charge is 2.72. The number of amides is 3. The molecular formula is C23H33N3O5. The van der Waals surface area contributed by atoms with Crippen molar-refractivity contribution >= 4 is 17.7 Å². The van der Waals surface area contributed by atoms with Crippen LogP contribution in [0.3, 0.4) is 0 Å². The normalized spacial score (nSPS) is 36.3. The van der Waals surface area contributed by atoms with Crippen LogP contribution < -0.4 is 0 Å². The minimum absolute atomic E-state index is 0.152. The predicted octanol–water partition coefficient (Wildman–Crippen LogP) is 0.563. The summed E-state index contributed by atoms with van der Waals surface area (Å²) in [5, 5.41) is 10.0. The Labute approximate surface area is 183 Å². The van der Waals surface area contributed by atoms with Crippen molar-refractivity contribution in [3.8, 4) is 0 Å². The number of nitrogens with zero attached hydrogens (tertiary/aromatic N) is 3. The summed E-state index contributed by atoms with van der Waals surface area (Å²) in [5.41, 5.74) is -1.69. The molecule has 0 saturated carbocycles. The Bertz CT molecular complexity index is 843. The summed E-state index contributed by atoms with van der Waals surface area (Å²) in [4.78, 5) is 45.9. The molecule has 0 radical (unpaired) electrons. The summed E-state index contributed by atoms with van der Waals surface area (Å²) >= 11 is 0. The van der Waals surface area contributed by atoms with Gasteiger partial charge in [0.25, 0.3) is 0 Å². The van der Waals surface area contributed by atoms with E-state index in [1.54, 1.807) is 16.8 Å². The molecule has 2 saturated heterocycles. The van der Waals surface area contributed by atoms with Crippen molar-refractivity contribution in [1.29, 1.82) is 0 Å². The van der Waals surface area contributed by atoms with Gasteiger partial charge in [-0.25, -0.2) is 0 Å². The molecule has 0 bridgehead atoms. The Morgan fingerprint density at radius 1 is 1.16 bits per heavy atom. The molecule has 4 rings (SSSR count). The summed E-state index contributed by atoms with van der Waals surface area (Å²) in [6.07, 6.45) is 7.38. The quantitative estimate of drug-likeness (QED) is 0.660. The molecule has 4 aliphatic heterocycles. The molecule has 6 atom stereocenters. The van der Waals surface area contributed by atoms with Crippen molar-refractivity contribution in [3.63, 3.8) is 0 Å². The van der Waals surface area contributed by atoms with Crippen molar-refractivity contribution in [2.45, 2.75) is 63.4 Å². The predicted molar refractivity (Wildman–Crippen MR) is 114 cm³/mol. The SMILES string of the molecule is CC[C@@H](CO)N1C(=O)[C@@H]2[C@@H]3C(=O)N(C)CC=C[C@@H]3O[C@@]23C=CCN(C(C)(C)C)C(=O)C13. The van der Waals surface area contributed by atoms with E-state index in [4.69, 9.17) is 4.74 Å². The van der Waals surface area contributed by atoms with E-state index < -0.39 is 41.2 Å². The molecule has 1 spiro atoms. The van der Waals surface area contributed by atoms with Crippen molar-refractivity contribution in [1.82, 2.24) is 14.7 Å². The Balaban J connectivity index is 1.89. The van der Waals surface area contributed by atoms with E-state index in [2.05, 4.69) is 0 Å². The van der Waals surface area contributed by atoms with Gasteiger partial charge >= 0.3 is 0 Å². The van der Waals surface area contributed by atoms with Gasteiger partial charge in [0.2, 0.25) is 17.7 Å². The Kier molecular flexibility index (Phi) is 5.29. The minimum Gasteiger partial charge on any atom is -0.394 e. The standard InChI is InChI=1S/C23H33N3O5/c1-6-14(13-27)26-18-21(30)25(22(2,3)4)12-8-10-23(18)17(20(26)29)16-15(31-23)9-7-11-24(5)19(16)28/h7-10,14-18,27H,6,11-13H2,1-5H3/t14-,15-,16+,17-,18?,23-/m0/s1. The van der Waals surface area contributed by atoms with Gasteiger partial charge in [-0.05, 0) is 27.2 Å². The van der Waals surface area contributed by atoms with Crippen LogP contribution in [0.4, 0.5) is 0 Å². The number of rotatable bonds is 3. The molecule has 4 heterocycles. The monoisotopic (exact) mass is 431 g/mol. The van der Waals surface area contributed by atoms with Gasteiger partial charge in [0, 0.05) is 25.7 Å². The maximum Gasteiger partial charge on any atom is 0.249 e. The molecule has 8 heteroatoms. The number of hydrogen-bond acceptors (Lipinski definition) is 5. The van der Waals surface area contributed by atoms with Gasteiger partial charge in [-0.2, -0.15) is 0 Å². The number of aliphatic hydroxyl groups is 1. The number of likely N-dealkylation sites (N-methyl/N-ethyl adjacent to an activating group) is 1. The van der Waals surface area contributed by atoms with Gasteiger partial charge in [0.05, 0.1) is 30.6 Å². The lowest BCUT2D eigenvalue weighted by molar-refractivity contribution is -0.154. The first-order valence-corrected chi connectivity index (χ1v) is 11.1. The third kappa shape index (κ3) is 3.06. The van der Waals surface area contributed by atoms with Crippen LogP contribution >= 0.6 is 0 Å². The third-order valence-corrected chi connectivity index (χ3v) is 7.18. The molecule has 0 aromatic rings. The smallest absolute Gasteiger partial charge is 0.249 e. The highest BCUT2D eigenvalue weighted by Crippen LogP contribution is 2.54. The number of carbonyl (C=O) groups excluding carboxylic acids is 3. The average Bonchev–Trinajstić information content (AvgIpc) is 3.02. The molecule has 31 heavy (non-hydrogen) atoms. The molecule has 8 nitrogen and oxygen atoms in total. The molecule has 4 aliphatic rings. The van der Waals surface area contributed by atoms with Crippen LogP contribution in [0.15, 0.2) is 24.3 Å². The van der Waals surface area contributed by atoms with Crippen LogP contribution in [0.5, 0.6) is 0 Å². The van der Waals surface area contributed by atoms with Crippen molar-refractivity contribution in [2.75, 3.05) is 26.7 Å². The Morgan fingerprint density at radius 2 is 1.87 bits per heavy atom. The molecule has 1 N–H and O–H groups in total. The number of hydrogen-bond donors (Lipinski definition) is 1. The number of fused-ring (bicyclic) bond motifs is 2. The highest BCUT2D eigenvalue weighted by atomic mass is 16.5. The highest BCUT2D eigenvalue weighted by molar-refractivity contribution is 6.00. The van der Waals surface area contributed by atoms with E-state index in [-0.39, 0.29) is 24.3 Å². The molecular weight excluding hydrogens is 398 g/mol. The third-order valence-electron chi connectivity index (χ3n) is 7.18. The fourth-order valence-corrected chi connectivity index (χ4v) is 5.61. The van der Waals surface area contributed by atoms with E-state index in [0.717, 1.165) is 0 Å². The first kappa shape index (κ1) is 22.0. The number of ether oxygens (including phenoxy) is 1. The number of carbonyl (C=O) groups is 3. The molecule has 0 aromatic carbocycles. The molecule has 170 valence electrons. The molecule has 3 amide bonds. The van der Waals surface area contributed by atoms with Gasteiger partial charge < -0.3 is 24.5 Å². The van der Waals surface area contributed by atoms with Crippen LogP contribution in [0.25, 0.3) is 0 Å². The number of likely N-dealkylation sites (tertiary alicyclic amines) is 1. The maximum absolute atomic E-state index is 13.9. The second-order valence-corrected chi connectivity index (χ2v) is 10.0. The average molecular weight is 432 g/mol. The van der Waals surface area contributed by atoms with E-state index >= 15 is 0 Å². The van der Waals surface area contributed by atoms with Crippen LogP contribution in [0.1, 0.15) is 34.1 Å². The lowest BCUT2D eigenvalue weighted by Crippen LogP contribution is -2.60. The minimum atomic E-state index is -1.23. The first-order chi connectivity index (χ1) is 14.6.